The summed E-state index contributed by atoms with van der Waals surface area (Å²) in [6.45, 7) is 1.99. The van der Waals surface area contributed by atoms with Gasteiger partial charge in [-0.2, -0.15) is 0 Å². The van der Waals surface area contributed by atoms with Crippen LogP contribution in [-0.4, -0.2) is 33.4 Å². The van der Waals surface area contributed by atoms with Gasteiger partial charge in [0.1, 0.15) is 5.76 Å². The molecular weight excluding hydrogens is 432 g/mol. The lowest BCUT2D eigenvalue weighted by molar-refractivity contribution is -0.124. The number of esters is 1. The Labute approximate surface area is 186 Å². The molecule has 3 rings (SSSR count). The van der Waals surface area contributed by atoms with Gasteiger partial charge in [0.25, 0.3) is 5.91 Å². The van der Waals surface area contributed by atoms with Crippen molar-refractivity contribution in [1.29, 1.82) is 0 Å². The number of nitrogens with one attached hydrogen (secondary N) is 2. The Morgan fingerprint density at radius 2 is 1.72 bits per heavy atom. The fourth-order valence-corrected chi connectivity index (χ4v) is 3.86. The summed E-state index contributed by atoms with van der Waals surface area (Å²) in [4.78, 5) is 24.2. The fourth-order valence-electron chi connectivity index (χ4n) is 2.86. The number of rotatable bonds is 10. The SMILES string of the molecule is CC(CNC(=O)COC(=O)c1ccc(S(=O)(=O)NCc2ccco2)cc1)c1ccccc1. The second-order valence-electron chi connectivity index (χ2n) is 7.12. The summed E-state index contributed by atoms with van der Waals surface area (Å²) in [5.41, 5.74) is 1.24. The minimum Gasteiger partial charge on any atom is -0.468 e. The summed E-state index contributed by atoms with van der Waals surface area (Å²) in [6.07, 6.45) is 1.45. The number of ether oxygens (including phenoxy) is 1. The molecule has 0 saturated heterocycles. The summed E-state index contributed by atoms with van der Waals surface area (Å²) < 4.78 is 37.2. The average molecular weight is 457 g/mol. The van der Waals surface area contributed by atoms with Crippen LogP contribution in [0.15, 0.2) is 82.3 Å². The van der Waals surface area contributed by atoms with Crippen LogP contribution in [0.5, 0.6) is 0 Å². The Bertz CT molecular complexity index is 1130. The largest absolute Gasteiger partial charge is 0.468 e. The zero-order chi connectivity index (χ0) is 23.0. The summed E-state index contributed by atoms with van der Waals surface area (Å²) >= 11 is 0. The Balaban J connectivity index is 1.46. The highest BCUT2D eigenvalue weighted by molar-refractivity contribution is 7.89. The lowest BCUT2D eigenvalue weighted by Gasteiger charge is -2.13. The van der Waals surface area contributed by atoms with E-state index in [1.807, 2.05) is 37.3 Å². The number of furan rings is 1. The molecule has 0 aliphatic rings. The Morgan fingerprint density at radius 1 is 1.00 bits per heavy atom. The number of benzene rings is 2. The third-order valence-corrected chi connectivity index (χ3v) is 6.14. The number of amides is 1. The first kappa shape index (κ1) is 23.2. The van der Waals surface area contributed by atoms with Crippen molar-refractivity contribution in [2.75, 3.05) is 13.2 Å². The predicted octanol–water partition coefficient (Wildman–Crippen LogP) is 2.83. The topological polar surface area (TPSA) is 115 Å². The van der Waals surface area contributed by atoms with E-state index < -0.39 is 28.5 Å². The molecule has 1 unspecified atom stereocenters. The smallest absolute Gasteiger partial charge is 0.338 e. The van der Waals surface area contributed by atoms with Gasteiger partial charge >= 0.3 is 5.97 Å². The molecule has 8 nitrogen and oxygen atoms in total. The molecule has 1 atom stereocenters. The van der Waals surface area contributed by atoms with Gasteiger partial charge in [-0.25, -0.2) is 17.9 Å². The Kier molecular flexibility index (Phi) is 7.80. The van der Waals surface area contributed by atoms with E-state index in [-0.39, 0.29) is 22.9 Å². The fraction of sp³-hybridized carbons (Fsp3) is 0.217. The maximum Gasteiger partial charge on any atom is 0.338 e. The monoisotopic (exact) mass is 456 g/mol. The van der Waals surface area contributed by atoms with Gasteiger partial charge in [-0.1, -0.05) is 37.3 Å². The lowest BCUT2D eigenvalue weighted by Crippen LogP contribution is -2.31. The standard InChI is InChI=1S/C23H24N2O6S/c1-17(18-6-3-2-4-7-18)14-24-22(26)16-31-23(27)19-9-11-21(12-10-19)32(28,29)25-15-20-8-5-13-30-20/h2-13,17,25H,14-16H2,1H3,(H,24,26). The van der Waals surface area contributed by atoms with E-state index in [2.05, 4.69) is 10.0 Å². The first-order chi connectivity index (χ1) is 15.3. The summed E-state index contributed by atoms with van der Waals surface area (Å²) in [7, 11) is -3.77. The normalized spacial score (nSPS) is 12.2. The van der Waals surface area contributed by atoms with Crippen LogP contribution in [0.25, 0.3) is 0 Å². The molecule has 32 heavy (non-hydrogen) atoms. The zero-order valence-electron chi connectivity index (χ0n) is 17.5. The molecule has 2 N–H and O–H groups in total. The highest BCUT2D eigenvalue weighted by atomic mass is 32.2. The van der Waals surface area contributed by atoms with Crippen LogP contribution < -0.4 is 10.0 Å². The van der Waals surface area contributed by atoms with Crippen LogP contribution in [-0.2, 0) is 26.1 Å². The number of carbonyl (C=O) groups excluding carboxylic acids is 2. The molecule has 0 fully saturated rings. The molecular formula is C23H24N2O6S. The van der Waals surface area contributed by atoms with Gasteiger partial charge in [-0.05, 0) is 47.9 Å². The van der Waals surface area contributed by atoms with Gasteiger partial charge in [-0.3, -0.25) is 4.79 Å². The average Bonchev–Trinajstić information content (AvgIpc) is 3.34. The van der Waals surface area contributed by atoms with Crippen LogP contribution in [0.2, 0.25) is 0 Å². The molecule has 1 aromatic heterocycles. The predicted molar refractivity (Wildman–Crippen MR) is 117 cm³/mol. The van der Waals surface area contributed by atoms with Gasteiger partial charge in [0.15, 0.2) is 6.61 Å². The van der Waals surface area contributed by atoms with Gasteiger partial charge in [0, 0.05) is 6.54 Å². The van der Waals surface area contributed by atoms with Crippen LogP contribution in [0.1, 0.15) is 34.5 Å². The van der Waals surface area contributed by atoms with E-state index in [1.165, 1.54) is 30.5 Å². The molecule has 3 aromatic rings. The van der Waals surface area contributed by atoms with Gasteiger partial charge in [-0.15, -0.1) is 0 Å². The molecule has 0 saturated carbocycles. The van der Waals surface area contributed by atoms with Crippen molar-refractivity contribution in [2.24, 2.45) is 0 Å². The van der Waals surface area contributed by atoms with Crippen LogP contribution in [0, 0.1) is 0 Å². The zero-order valence-corrected chi connectivity index (χ0v) is 18.3. The van der Waals surface area contributed by atoms with E-state index in [0.29, 0.717) is 12.3 Å². The first-order valence-electron chi connectivity index (χ1n) is 9.96. The highest BCUT2D eigenvalue weighted by Crippen LogP contribution is 2.14. The molecule has 0 bridgehead atoms. The second kappa shape index (κ2) is 10.7. The molecule has 168 valence electrons. The number of carbonyl (C=O) groups is 2. The summed E-state index contributed by atoms with van der Waals surface area (Å²) in [5.74, 6) is -0.539. The van der Waals surface area contributed by atoms with Crippen molar-refractivity contribution >= 4 is 21.9 Å². The maximum atomic E-state index is 12.3. The van der Waals surface area contributed by atoms with Crippen molar-refractivity contribution in [2.45, 2.75) is 24.3 Å². The van der Waals surface area contributed by atoms with Crippen molar-refractivity contribution in [3.8, 4) is 0 Å². The summed E-state index contributed by atoms with van der Waals surface area (Å²) in [6, 6.07) is 18.3. The summed E-state index contributed by atoms with van der Waals surface area (Å²) in [5, 5.41) is 2.73. The molecule has 1 heterocycles. The maximum absolute atomic E-state index is 12.3. The van der Waals surface area contributed by atoms with Crippen molar-refractivity contribution < 1.29 is 27.2 Å². The van der Waals surface area contributed by atoms with Gasteiger partial charge < -0.3 is 14.5 Å². The van der Waals surface area contributed by atoms with Crippen molar-refractivity contribution in [3.05, 3.63) is 89.9 Å². The van der Waals surface area contributed by atoms with Crippen LogP contribution in [0.3, 0.4) is 0 Å². The van der Waals surface area contributed by atoms with E-state index in [0.717, 1.165) is 5.56 Å². The molecule has 0 radical (unpaired) electrons. The van der Waals surface area contributed by atoms with Crippen molar-refractivity contribution in [3.63, 3.8) is 0 Å². The molecule has 1 amide bonds. The number of hydrogen-bond donors (Lipinski definition) is 2. The number of hydrogen-bond acceptors (Lipinski definition) is 6. The van der Waals surface area contributed by atoms with E-state index >= 15 is 0 Å². The molecule has 0 aliphatic carbocycles. The minimum absolute atomic E-state index is 0.00625. The molecule has 9 heteroatoms. The van der Waals surface area contributed by atoms with E-state index in [1.54, 1.807) is 12.1 Å². The van der Waals surface area contributed by atoms with Crippen molar-refractivity contribution in [1.82, 2.24) is 10.0 Å². The quantitative estimate of drug-likeness (QED) is 0.454. The first-order valence-corrected chi connectivity index (χ1v) is 11.4. The third-order valence-electron chi connectivity index (χ3n) is 4.73. The second-order valence-corrected chi connectivity index (χ2v) is 8.89. The molecule has 0 aliphatic heterocycles. The van der Waals surface area contributed by atoms with Crippen LogP contribution >= 0.6 is 0 Å². The van der Waals surface area contributed by atoms with E-state index in [4.69, 9.17) is 9.15 Å². The Morgan fingerprint density at radius 3 is 2.38 bits per heavy atom. The van der Waals surface area contributed by atoms with Crippen LogP contribution in [0.4, 0.5) is 0 Å². The minimum atomic E-state index is -3.77. The van der Waals surface area contributed by atoms with Gasteiger partial charge in [0.2, 0.25) is 10.0 Å². The third kappa shape index (κ3) is 6.53. The Hall–Kier alpha value is -3.43. The van der Waals surface area contributed by atoms with E-state index in [9.17, 15) is 18.0 Å². The number of sulfonamides is 1. The lowest BCUT2D eigenvalue weighted by atomic mass is 10.0. The molecule has 0 spiro atoms. The van der Waals surface area contributed by atoms with Gasteiger partial charge in [0.05, 0.1) is 23.3 Å². The molecule has 2 aromatic carbocycles. The highest BCUT2D eigenvalue weighted by Gasteiger charge is 2.17.